The first-order valence-electron chi connectivity index (χ1n) is 8.84. The predicted octanol–water partition coefficient (Wildman–Crippen LogP) is 1.94. The number of amides is 3. The number of aryl methyl sites for hydroxylation is 1. The molecule has 0 bridgehead atoms. The van der Waals surface area contributed by atoms with Crippen LogP contribution in [0.3, 0.4) is 0 Å². The van der Waals surface area contributed by atoms with E-state index in [2.05, 4.69) is 34.7 Å². The lowest BCUT2D eigenvalue weighted by Gasteiger charge is -2.23. The molecule has 1 aromatic rings. The van der Waals surface area contributed by atoms with E-state index < -0.39 is 11.8 Å². The van der Waals surface area contributed by atoms with Gasteiger partial charge in [0, 0.05) is 32.7 Å². The van der Waals surface area contributed by atoms with Gasteiger partial charge < -0.3 is 20.7 Å². The van der Waals surface area contributed by atoms with Crippen molar-refractivity contribution in [2.24, 2.45) is 0 Å². The third kappa shape index (κ3) is 3.96. The minimum atomic E-state index is -0.449. The van der Waals surface area contributed by atoms with Crippen molar-refractivity contribution in [1.82, 2.24) is 10.2 Å². The Balaban J connectivity index is 1.71. The number of nitrogens with one attached hydrogen (secondary N) is 3. The van der Waals surface area contributed by atoms with Crippen LogP contribution in [0.2, 0.25) is 0 Å². The molecule has 0 radical (unpaired) electrons. The highest BCUT2D eigenvalue weighted by molar-refractivity contribution is 6.01. The molecule has 7 nitrogen and oxygen atoms in total. The summed E-state index contributed by atoms with van der Waals surface area (Å²) >= 11 is 0. The maximum absolute atomic E-state index is 13.9. The number of ether oxygens (including phenoxy) is 1. The highest BCUT2D eigenvalue weighted by Gasteiger charge is 2.35. The lowest BCUT2D eigenvalue weighted by atomic mass is 10.0. The Morgan fingerprint density at radius 3 is 2.81 bits per heavy atom. The van der Waals surface area contributed by atoms with Gasteiger partial charge in [0.05, 0.1) is 23.5 Å². The zero-order valence-electron chi connectivity index (χ0n) is 15.3. The van der Waals surface area contributed by atoms with Crippen molar-refractivity contribution in [2.75, 3.05) is 30.8 Å². The molecule has 3 N–H and O–H groups in total. The van der Waals surface area contributed by atoms with Gasteiger partial charge in [-0.05, 0) is 38.0 Å². The molecule has 2 heterocycles. The van der Waals surface area contributed by atoms with E-state index in [1.165, 1.54) is 12.1 Å². The molecule has 0 unspecified atom stereocenters. The van der Waals surface area contributed by atoms with E-state index >= 15 is 0 Å². The van der Waals surface area contributed by atoms with Crippen molar-refractivity contribution in [3.8, 4) is 0 Å². The number of hydrogen-bond donors (Lipinski definition) is 3. The third-order valence-corrected chi connectivity index (χ3v) is 4.96. The van der Waals surface area contributed by atoms with Crippen LogP contribution in [0, 0.1) is 5.82 Å². The Hall–Kier alpha value is -2.19. The average Bonchev–Trinajstić information content (AvgIpc) is 2.98. The quantitative estimate of drug-likeness (QED) is 0.763. The number of hydrogen-bond acceptors (Lipinski definition) is 4. The van der Waals surface area contributed by atoms with Crippen molar-refractivity contribution >= 4 is 23.3 Å². The predicted molar refractivity (Wildman–Crippen MR) is 96.8 cm³/mol. The number of benzene rings is 1. The van der Waals surface area contributed by atoms with E-state index in [1.807, 2.05) is 0 Å². The molecule has 3 rings (SSSR count). The largest absolute Gasteiger partial charge is 0.378 e. The van der Waals surface area contributed by atoms with Crippen molar-refractivity contribution in [3.05, 3.63) is 23.5 Å². The third-order valence-electron chi connectivity index (χ3n) is 4.96. The Labute approximate surface area is 152 Å². The van der Waals surface area contributed by atoms with E-state index in [0.717, 1.165) is 6.54 Å². The molecule has 1 aromatic carbocycles. The Bertz CT molecular complexity index is 710. The fraction of sp³-hybridized carbons (Fsp3) is 0.556. The Morgan fingerprint density at radius 2 is 2.12 bits per heavy atom. The molecule has 2 aliphatic rings. The van der Waals surface area contributed by atoms with Crippen molar-refractivity contribution in [2.45, 2.75) is 44.9 Å². The number of methoxy groups -OCH3 is 1. The zero-order valence-corrected chi connectivity index (χ0v) is 15.3. The molecular formula is C18H25FN4O3. The number of carbonyl (C=O) groups is 2. The smallest absolute Gasteiger partial charge is 0.319 e. The van der Waals surface area contributed by atoms with E-state index in [1.54, 1.807) is 7.11 Å². The summed E-state index contributed by atoms with van der Waals surface area (Å²) in [6, 6.07) is 2.34. The normalized spacial score (nSPS) is 22.9. The van der Waals surface area contributed by atoms with Crippen LogP contribution in [0.5, 0.6) is 0 Å². The Morgan fingerprint density at radius 1 is 1.35 bits per heavy atom. The van der Waals surface area contributed by atoms with Gasteiger partial charge in [0.1, 0.15) is 5.82 Å². The lowest BCUT2D eigenvalue weighted by molar-refractivity contribution is -0.116. The lowest BCUT2D eigenvalue weighted by Crippen LogP contribution is -2.45. The second kappa shape index (κ2) is 7.59. The fourth-order valence-corrected chi connectivity index (χ4v) is 3.49. The Kier molecular flexibility index (Phi) is 5.43. The van der Waals surface area contributed by atoms with Crippen molar-refractivity contribution in [3.63, 3.8) is 0 Å². The molecule has 1 saturated heterocycles. The summed E-state index contributed by atoms with van der Waals surface area (Å²) in [7, 11) is 1.62. The van der Waals surface area contributed by atoms with E-state index in [-0.39, 0.29) is 23.7 Å². The average molecular weight is 364 g/mol. The molecule has 1 fully saturated rings. The first kappa shape index (κ1) is 18.6. The summed E-state index contributed by atoms with van der Waals surface area (Å²) in [5, 5.41) is 8.28. The number of likely N-dealkylation sites (tertiary alicyclic amines) is 1. The molecule has 0 spiro atoms. The van der Waals surface area contributed by atoms with Crippen LogP contribution in [0.4, 0.5) is 20.6 Å². The summed E-state index contributed by atoms with van der Waals surface area (Å²) < 4.78 is 19.3. The van der Waals surface area contributed by atoms with Gasteiger partial charge in [-0.1, -0.05) is 0 Å². The number of anilines is 2. The van der Waals surface area contributed by atoms with Gasteiger partial charge in [0.2, 0.25) is 5.91 Å². The van der Waals surface area contributed by atoms with E-state index in [9.17, 15) is 14.0 Å². The van der Waals surface area contributed by atoms with Crippen molar-refractivity contribution in [1.29, 1.82) is 0 Å². The summed E-state index contributed by atoms with van der Waals surface area (Å²) in [6.07, 6.45) is 0.654. The van der Waals surface area contributed by atoms with Gasteiger partial charge in [-0.25, -0.2) is 9.18 Å². The molecule has 8 heteroatoms. The number of nitrogens with zero attached hydrogens (tertiary/aromatic N) is 1. The molecule has 142 valence electrons. The molecule has 2 atom stereocenters. The first-order chi connectivity index (χ1) is 12.4. The summed E-state index contributed by atoms with van der Waals surface area (Å²) in [6.45, 7) is 5.61. The molecule has 0 aliphatic carbocycles. The monoisotopic (exact) mass is 364 g/mol. The maximum atomic E-state index is 13.9. The van der Waals surface area contributed by atoms with Crippen molar-refractivity contribution < 1.29 is 18.7 Å². The number of fused-ring (bicyclic) bond motifs is 1. The molecule has 0 saturated carbocycles. The van der Waals surface area contributed by atoms with Gasteiger partial charge in [0.15, 0.2) is 0 Å². The van der Waals surface area contributed by atoms with Crippen LogP contribution in [0.25, 0.3) is 0 Å². The molecule has 2 aliphatic heterocycles. The molecule has 0 aromatic heterocycles. The number of carbonyl (C=O) groups excluding carboxylic acids is 2. The van der Waals surface area contributed by atoms with Gasteiger partial charge in [0.25, 0.3) is 0 Å². The van der Waals surface area contributed by atoms with E-state index in [0.29, 0.717) is 36.7 Å². The summed E-state index contributed by atoms with van der Waals surface area (Å²) in [5.41, 5.74) is 1.41. The molecule has 3 amide bonds. The van der Waals surface area contributed by atoms with Gasteiger partial charge in [-0.3, -0.25) is 9.69 Å². The first-order valence-corrected chi connectivity index (χ1v) is 8.84. The topological polar surface area (TPSA) is 82.7 Å². The maximum Gasteiger partial charge on any atom is 0.319 e. The van der Waals surface area contributed by atoms with Crippen LogP contribution in [0.1, 0.15) is 25.8 Å². The van der Waals surface area contributed by atoms with Crippen LogP contribution in [-0.2, 0) is 16.0 Å². The fourth-order valence-electron chi connectivity index (χ4n) is 3.49. The summed E-state index contributed by atoms with van der Waals surface area (Å²) in [4.78, 5) is 26.3. The number of urea groups is 1. The highest BCUT2D eigenvalue weighted by Crippen LogP contribution is 2.32. The van der Waals surface area contributed by atoms with Gasteiger partial charge >= 0.3 is 6.03 Å². The number of rotatable bonds is 4. The highest BCUT2D eigenvalue weighted by atomic mass is 19.1. The minimum Gasteiger partial charge on any atom is -0.378 e. The second-order valence-corrected chi connectivity index (χ2v) is 7.06. The second-order valence-electron chi connectivity index (χ2n) is 7.06. The number of halogens is 1. The zero-order chi connectivity index (χ0) is 18.8. The van der Waals surface area contributed by atoms with Crippen LogP contribution >= 0.6 is 0 Å². The van der Waals surface area contributed by atoms with Gasteiger partial charge in [-0.15, -0.1) is 0 Å². The van der Waals surface area contributed by atoms with E-state index in [4.69, 9.17) is 4.74 Å². The summed E-state index contributed by atoms with van der Waals surface area (Å²) in [5.74, 6) is -0.591. The SMILES string of the molecule is CO[C@H]1CN(C(C)C)C[C@@H]1NC(=O)Nc1cc(F)cc2c1NC(=O)CC2. The molecular weight excluding hydrogens is 339 g/mol. The standard InChI is InChI=1S/C18H25FN4O3/c1-10(2)23-8-14(15(9-23)26-3)21-18(25)20-13-7-12(19)6-11-4-5-16(24)22-17(11)13/h6-7,10,14-15H,4-5,8-9H2,1-3H3,(H,22,24)(H2,20,21,25)/t14-,15-/m0/s1. The van der Waals surface area contributed by atoms with Crippen LogP contribution < -0.4 is 16.0 Å². The minimum absolute atomic E-state index is 0.107. The van der Waals surface area contributed by atoms with Crippen LogP contribution in [-0.4, -0.2) is 55.2 Å². The van der Waals surface area contributed by atoms with Crippen LogP contribution in [0.15, 0.2) is 12.1 Å². The molecule has 26 heavy (non-hydrogen) atoms. The van der Waals surface area contributed by atoms with Gasteiger partial charge in [-0.2, -0.15) is 0 Å².